The van der Waals surface area contributed by atoms with E-state index >= 15 is 0 Å². The quantitative estimate of drug-likeness (QED) is 0.401. The summed E-state index contributed by atoms with van der Waals surface area (Å²) in [5.74, 6) is -1.68. The number of alkyl carbamates (subject to hydrolysis) is 1. The molecule has 1 aliphatic rings. The number of amides is 2. The van der Waals surface area contributed by atoms with Crippen molar-refractivity contribution in [3.05, 3.63) is 59.7 Å². The van der Waals surface area contributed by atoms with Crippen molar-refractivity contribution in [3.63, 3.8) is 0 Å². The molecule has 0 aromatic heterocycles. The van der Waals surface area contributed by atoms with Gasteiger partial charge in [0.25, 0.3) is 0 Å². The van der Waals surface area contributed by atoms with Gasteiger partial charge < -0.3 is 25.6 Å². The Kier molecular flexibility index (Phi) is 8.65. The Bertz CT molecular complexity index is 976. The summed E-state index contributed by atoms with van der Waals surface area (Å²) in [7, 11) is 0. The normalized spacial score (nSPS) is 14.1. The largest absolute Gasteiger partial charge is 0.480 e. The SMILES string of the molecule is CC(C)CCC(NC(=O)OCC1c2ccccc2-c2ccccc21)C(=O)N[C@@H](CCO)C(=O)O. The van der Waals surface area contributed by atoms with Gasteiger partial charge in [-0.2, -0.15) is 0 Å². The highest BCUT2D eigenvalue weighted by Crippen LogP contribution is 2.44. The molecule has 8 nitrogen and oxygen atoms in total. The van der Waals surface area contributed by atoms with Gasteiger partial charge in [-0.25, -0.2) is 9.59 Å². The fourth-order valence-electron chi connectivity index (χ4n) is 4.21. The molecule has 1 unspecified atom stereocenters. The average molecular weight is 469 g/mol. The molecule has 0 radical (unpaired) electrons. The van der Waals surface area contributed by atoms with Crippen molar-refractivity contribution in [2.75, 3.05) is 13.2 Å². The van der Waals surface area contributed by atoms with Crippen LogP contribution in [0.5, 0.6) is 0 Å². The van der Waals surface area contributed by atoms with Gasteiger partial charge in [0.15, 0.2) is 0 Å². The van der Waals surface area contributed by atoms with Crippen LogP contribution in [0.2, 0.25) is 0 Å². The fourth-order valence-corrected chi connectivity index (χ4v) is 4.21. The third-order valence-electron chi connectivity index (χ3n) is 6.02. The van der Waals surface area contributed by atoms with E-state index < -0.39 is 30.1 Å². The van der Waals surface area contributed by atoms with Gasteiger partial charge in [-0.15, -0.1) is 0 Å². The van der Waals surface area contributed by atoms with Gasteiger partial charge >= 0.3 is 12.1 Å². The number of aliphatic hydroxyl groups is 1. The Morgan fingerprint density at radius 2 is 1.47 bits per heavy atom. The van der Waals surface area contributed by atoms with Gasteiger partial charge in [0.2, 0.25) is 5.91 Å². The summed E-state index contributed by atoms with van der Waals surface area (Å²) in [6.45, 7) is 3.72. The molecule has 4 N–H and O–H groups in total. The van der Waals surface area contributed by atoms with Crippen LogP contribution in [0.25, 0.3) is 11.1 Å². The van der Waals surface area contributed by atoms with E-state index in [1.54, 1.807) is 0 Å². The van der Waals surface area contributed by atoms with E-state index in [0.717, 1.165) is 22.3 Å². The van der Waals surface area contributed by atoms with Crippen LogP contribution in [0.15, 0.2) is 48.5 Å². The number of carbonyl (C=O) groups is 3. The molecule has 1 aliphatic carbocycles. The van der Waals surface area contributed by atoms with Gasteiger partial charge in [0, 0.05) is 18.9 Å². The Hall–Kier alpha value is -3.39. The molecule has 2 aromatic carbocycles. The molecule has 0 saturated heterocycles. The zero-order valence-electron chi connectivity index (χ0n) is 19.5. The van der Waals surface area contributed by atoms with E-state index in [9.17, 15) is 19.5 Å². The maximum atomic E-state index is 12.7. The molecular formula is C26H32N2O6. The number of aliphatic carboxylic acids is 1. The predicted molar refractivity (Wildman–Crippen MR) is 127 cm³/mol. The monoisotopic (exact) mass is 468 g/mol. The van der Waals surface area contributed by atoms with Crippen molar-refractivity contribution in [1.82, 2.24) is 10.6 Å². The summed E-state index contributed by atoms with van der Waals surface area (Å²) in [4.78, 5) is 36.8. The smallest absolute Gasteiger partial charge is 0.407 e. The maximum Gasteiger partial charge on any atom is 0.407 e. The summed E-state index contributed by atoms with van der Waals surface area (Å²) >= 11 is 0. The molecule has 0 aliphatic heterocycles. The molecule has 8 heteroatoms. The first-order valence-electron chi connectivity index (χ1n) is 11.6. The molecule has 2 amide bonds. The number of carboxylic acids is 1. The molecule has 0 spiro atoms. The number of hydrogen-bond acceptors (Lipinski definition) is 5. The lowest BCUT2D eigenvalue weighted by molar-refractivity contribution is -0.142. The minimum atomic E-state index is -1.24. The van der Waals surface area contributed by atoms with Crippen molar-refractivity contribution >= 4 is 18.0 Å². The summed E-state index contributed by atoms with van der Waals surface area (Å²) in [6.07, 6.45) is 0.126. The van der Waals surface area contributed by atoms with Gasteiger partial charge in [-0.05, 0) is 41.0 Å². The van der Waals surface area contributed by atoms with Crippen LogP contribution in [0.1, 0.15) is 50.2 Å². The minimum Gasteiger partial charge on any atom is -0.480 e. The molecule has 0 fully saturated rings. The Balaban J connectivity index is 1.66. The highest BCUT2D eigenvalue weighted by Gasteiger charge is 2.30. The number of fused-ring (bicyclic) bond motifs is 3. The van der Waals surface area contributed by atoms with Crippen LogP contribution in [-0.2, 0) is 14.3 Å². The van der Waals surface area contributed by atoms with E-state index in [1.165, 1.54) is 0 Å². The predicted octanol–water partition coefficient (Wildman–Crippen LogP) is 3.28. The van der Waals surface area contributed by atoms with Crippen LogP contribution in [0.4, 0.5) is 4.79 Å². The molecule has 2 atom stereocenters. The molecule has 0 bridgehead atoms. The molecule has 2 aromatic rings. The highest BCUT2D eigenvalue weighted by atomic mass is 16.5. The van der Waals surface area contributed by atoms with Gasteiger partial charge in [0.05, 0.1) is 0 Å². The van der Waals surface area contributed by atoms with E-state index in [-0.39, 0.29) is 31.5 Å². The van der Waals surface area contributed by atoms with E-state index in [2.05, 4.69) is 10.6 Å². The zero-order chi connectivity index (χ0) is 24.7. The third-order valence-corrected chi connectivity index (χ3v) is 6.02. The van der Waals surface area contributed by atoms with Gasteiger partial charge in [-0.1, -0.05) is 62.4 Å². The first-order valence-corrected chi connectivity index (χ1v) is 11.6. The van der Waals surface area contributed by atoms with Crippen LogP contribution >= 0.6 is 0 Å². The Labute approximate surface area is 199 Å². The second-order valence-corrected chi connectivity index (χ2v) is 8.91. The van der Waals surface area contributed by atoms with E-state index in [0.29, 0.717) is 12.8 Å². The lowest BCUT2D eigenvalue weighted by Gasteiger charge is -2.22. The average Bonchev–Trinajstić information content (AvgIpc) is 3.13. The second-order valence-electron chi connectivity index (χ2n) is 8.91. The van der Waals surface area contributed by atoms with Gasteiger partial charge in [-0.3, -0.25) is 4.79 Å². The number of aliphatic hydroxyl groups excluding tert-OH is 1. The number of ether oxygens (including phenoxy) is 1. The molecule has 182 valence electrons. The van der Waals surface area contributed by atoms with Crippen molar-refractivity contribution in [1.29, 1.82) is 0 Å². The number of nitrogens with one attached hydrogen (secondary N) is 2. The highest BCUT2D eigenvalue weighted by molar-refractivity contribution is 5.89. The van der Waals surface area contributed by atoms with Crippen molar-refractivity contribution in [2.45, 2.75) is 51.1 Å². The zero-order valence-corrected chi connectivity index (χ0v) is 19.5. The Morgan fingerprint density at radius 3 is 2.00 bits per heavy atom. The lowest BCUT2D eigenvalue weighted by Crippen LogP contribution is -2.52. The Morgan fingerprint density at radius 1 is 0.882 bits per heavy atom. The summed E-state index contributed by atoms with van der Waals surface area (Å²) in [5, 5.41) is 23.3. The number of carbonyl (C=O) groups excluding carboxylic acids is 2. The summed E-state index contributed by atoms with van der Waals surface area (Å²) < 4.78 is 5.54. The van der Waals surface area contributed by atoms with Crippen molar-refractivity contribution in [2.24, 2.45) is 5.92 Å². The fraction of sp³-hybridized carbons (Fsp3) is 0.423. The molecular weight excluding hydrogens is 436 g/mol. The first-order chi connectivity index (χ1) is 16.3. The topological polar surface area (TPSA) is 125 Å². The van der Waals surface area contributed by atoms with Crippen LogP contribution in [-0.4, -0.2) is 53.5 Å². The summed E-state index contributed by atoms with van der Waals surface area (Å²) in [6, 6.07) is 13.8. The number of hydrogen-bond donors (Lipinski definition) is 4. The van der Waals surface area contributed by atoms with Crippen LogP contribution < -0.4 is 10.6 Å². The minimum absolute atomic E-state index is 0.109. The number of rotatable bonds is 11. The summed E-state index contributed by atoms with van der Waals surface area (Å²) in [5.41, 5.74) is 4.40. The van der Waals surface area contributed by atoms with Gasteiger partial charge in [0.1, 0.15) is 18.7 Å². The number of carboxylic acid groups (broad SMARTS) is 1. The second kappa shape index (κ2) is 11.7. The standard InChI is InChI=1S/C26H32N2O6/c1-16(2)11-12-22(24(30)27-23(13-14-29)25(31)32)28-26(33)34-15-21-19-9-5-3-7-17(19)18-8-4-6-10-20(18)21/h3-10,16,21-23,29H,11-15H2,1-2H3,(H,27,30)(H,28,33)(H,31,32)/t22?,23-/m0/s1. The third kappa shape index (κ3) is 6.14. The molecule has 3 rings (SSSR count). The van der Waals surface area contributed by atoms with Crippen LogP contribution in [0, 0.1) is 5.92 Å². The van der Waals surface area contributed by atoms with Crippen molar-refractivity contribution in [3.8, 4) is 11.1 Å². The maximum absolute atomic E-state index is 12.7. The van der Waals surface area contributed by atoms with Crippen LogP contribution in [0.3, 0.4) is 0 Å². The molecule has 34 heavy (non-hydrogen) atoms. The van der Waals surface area contributed by atoms with E-state index in [4.69, 9.17) is 9.84 Å². The number of benzene rings is 2. The molecule has 0 saturated carbocycles. The molecule has 0 heterocycles. The van der Waals surface area contributed by atoms with Crippen molar-refractivity contribution < 1.29 is 29.3 Å². The van der Waals surface area contributed by atoms with E-state index in [1.807, 2.05) is 62.4 Å². The lowest BCUT2D eigenvalue weighted by atomic mass is 9.98. The first kappa shape index (κ1) is 25.2.